The number of amides is 1. The molecule has 1 saturated heterocycles. The molecule has 0 saturated carbocycles. The van der Waals surface area contributed by atoms with Crippen LogP contribution in [-0.4, -0.2) is 44.4 Å². The third-order valence-corrected chi connectivity index (χ3v) is 6.88. The smallest absolute Gasteiger partial charge is 0.260 e. The zero-order valence-electron chi connectivity index (χ0n) is 20.1. The molecule has 3 aromatic rings. The van der Waals surface area contributed by atoms with Crippen molar-refractivity contribution < 1.29 is 23.7 Å². The molecular formula is C29H31NO5. The van der Waals surface area contributed by atoms with Crippen LogP contribution in [0, 0.1) is 5.92 Å². The molecule has 6 nitrogen and oxygen atoms in total. The predicted octanol–water partition coefficient (Wildman–Crippen LogP) is 5.34. The second-order valence-electron chi connectivity index (χ2n) is 9.04. The molecule has 2 aliphatic rings. The SMILES string of the molecule is COc1ccccc1-c1ccccc1OCC(=O)N1CCC(CCc2ccc3c(c2)OCO3)CC1. The van der Waals surface area contributed by atoms with Gasteiger partial charge in [-0.3, -0.25) is 4.79 Å². The highest BCUT2D eigenvalue weighted by molar-refractivity contribution is 5.79. The van der Waals surface area contributed by atoms with Gasteiger partial charge in [-0.15, -0.1) is 0 Å². The highest BCUT2D eigenvalue weighted by atomic mass is 16.7. The maximum absolute atomic E-state index is 12.9. The topological polar surface area (TPSA) is 57.2 Å². The Balaban J connectivity index is 1.11. The summed E-state index contributed by atoms with van der Waals surface area (Å²) in [5.41, 5.74) is 3.14. The number of hydrogen-bond donors (Lipinski definition) is 0. The second kappa shape index (κ2) is 10.7. The third kappa shape index (κ3) is 5.37. The van der Waals surface area contributed by atoms with Gasteiger partial charge in [0, 0.05) is 24.2 Å². The fourth-order valence-corrected chi connectivity index (χ4v) is 4.85. The van der Waals surface area contributed by atoms with E-state index < -0.39 is 0 Å². The standard InChI is InChI=1S/C29H31NO5/c1-32-25-8-4-2-6-23(25)24-7-3-5-9-26(24)33-19-29(31)30-16-14-21(15-17-30)10-11-22-12-13-27-28(18-22)35-20-34-27/h2-9,12-13,18,21H,10-11,14-17,19-20H2,1H3. The number of para-hydroxylation sites is 2. The third-order valence-electron chi connectivity index (χ3n) is 6.88. The van der Waals surface area contributed by atoms with E-state index in [0.29, 0.717) is 18.5 Å². The van der Waals surface area contributed by atoms with Crippen molar-refractivity contribution in [3.05, 3.63) is 72.3 Å². The molecule has 0 aromatic heterocycles. The van der Waals surface area contributed by atoms with Gasteiger partial charge in [0.25, 0.3) is 5.91 Å². The molecule has 0 aliphatic carbocycles. The van der Waals surface area contributed by atoms with E-state index in [1.807, 2.05) is 59.5 Å². The van der Waals surface area contributed by atoms with Crippen molar-refractivity contribution in [2.75, 3.05) is 33.6 Å². The van der Waals surface area contributed by atoms with E-state index in [4.69, 9.17) is 18.9 Å². The molecule has 0 atom stereocenters. The van der Waals surface area contributed by atoms with Gasteiger partial charge >= 0.3 is 0 Å². The van der Waals surface area contributed by atoms with Crippen molar-refractivity contribution in [3.8, 4) is 34.1 Å². The molecule has 0 spiro atoms. The minimum absolute atomic E-state index is 0.0357. The Morgan fingerprint density at radius 3 is 2.37 bits per heavy atom. The monoisotopic (exact) mass is 473 g/mol. The van der Waals surface area contributed by atoms with Crippen molar-refractivity contribution in [3.63, 3.8) is 0 Å². The van der Waals surface area contributed by atoms with Crippen molar-refractivity contribution >= 4 is 5.91 Å². The van der Waals surface area contributed by atoms with Crippen LogP contribution in [-0.2, 0) is 11.2 Å². The van der Waals surface area contributed by atoms with Crippen LogP contribution < -0.4 is 18.9 Å². The van der Waals surface area contributed by atoms with Gasteiger partial charge in [0.1, 0.15) is 11.5 Å². The Hall–Kier alpha value is -3.67. The first-order chi connectivity index (χ1) is 17.2. The highest BCUT2D eigenvalue weighted by Gasteiger charge is 2.24. The number of likely N-dealkylation sites (tertiary alicyclic amines) is 1. The molecule has 0 radical (unpaired) electrons. The first-order valence-corrected chi connectivity index (χ1v) is 12.2. The summed E-state index contributed by atoms with van der Waals surface area (Å²) in [4.78, 5) is 14.8. The lowest BCUT2D eigenvalue weighted by Gasteiger charge is -2.32. The Morgan fingerprint density at radius 2 is 1.60 bits per heavy atom. The summed E-state index contributed by atoms with van der Waals surface area (Å²) in [6.45, 7) is 1.90. The summed E-state index contributed by atoms with van der Waals surface area (Å²) in [6, 6.07) is 21.8. The number of fused-ring (bicyclic) bond motifs is 1. The molecule has 2 heterocycles. The van der Waals surface area contributed by atoms with E-state index in [2.05, 4.69) is 12.1 Å². The van der Waals surface area contributed by atoms with Crippen LogP contribution in [0.5, 0.6) is 23.0 Å². The number of nitrogens with zero attached hydrogens (tertiary/aromatic N) is 1. The Bertz CT molecular complexity index is 1170. The number of carbonyl (C=O) groups excluding carboxylic acids is 1. The summed E-state index contributed by atoms with van der Waals surface area (Å²) in [5, 5.41) is 0. The number of rotatable bonds is 8. The molecule has 1 fully saturated rings. The molecule has 1 amide bonds. The van der Waals surface area contributed by atoms with Gasteiger partial charge in [0.2, 0.25) is 6.79 Å². The van der Waals surface area contributed by atoms with Crippen LogP contribution in [0.15, 0.2) is 66.7 Å². The number of piperidine rings is 1. The van der Waals surface area contributed by atoms with E-state index >= 15 is 0 Å². The van der Waals surface area contributed by atoms with Gasteiger partial charge in [-0.1, -0.05) is 42.5 Å². The first-order valence-electron chi connectivity index (χ1n) is 12.2. The average molecular weight is 474 g/mol. The quantitative estimate of drug-likeness (QED) is 0.442. The van der Waals surface area contributed by atoms with Crippen LogP contribution in [0.3, 0.4) is 0 Å². The van der Waals surface area contributed by atoms with E-state index in [1.54, 1.807) is 7.11 Å². The van der Waals surface area contributed by atoms with Gasteiger partial charge in [-0.05, 0) is 61.4 Å². The number of benzene rings is 3. The van der Waals surface area contributed by atoms with Crippen LogP contribution >= 0.6 is 0 Å². The number of hydrogen-bond acceptors (Lipinski definition) is 5. The van der Waals surface area contributed by atoms with Gasteiger partial charge in [0.05, 0.1) is 7.11 Å². The lowest BCUT2D eigenvalue weighted by Crippen LogP contribution is -2.41. The zero-order valence-corrected chi connectivity index (χ0v) is 20.1. The number of carbonyl (C=O) groups is 1. The predicted molar refractivity (Wildman–Crippen MR) is 134 cm³/mol. The fourth-order valence-electron chi connectivity index (χ4n) is 4.85. The highest BCUT2D eigenvalue weighted by Crippen LogP contribution is 2.36. The summed E-state index contributed by atoms with van der Waals surface area (Å²) < 4.78 is 22.4. The molecule has 3 aromatic carbocycles. The van der Waals surface area contributed by atoms with Crippen LogP contribution in [0.2, 0.25) is 0 Å². The van der Waals surface area contributed by atoms with Crippen molar-refractivity contribution in [2.45, 2.75) is 25.7 Å². The number of ether oxygens (including phenoxy) is 4. The van der Waals surface area contributed by atoms with E-state index in [1.165, 1.54) is 5.56 Å². The van der Waals surface area contributed by atoms with E-state index in [9.17, 15) is 4.79 Å². The molecule has 5 rings (SSSR count). The number of methoxy groups -OCH3 is 1. The minimum atomic E-state index is 0.0357. The summed E-state index contributed by atoms with van der Waals surface area (Å²) in [7, 11) is 1.66. The summed E-state index contributed by atoms with van der Waals surface area (Å²) >= 11 is 0. The Kier molecular flexibility index (Phi) is 7.07. The Morgan fingerprint density at radius 1 is 0.914 bits per heavy atom. The van der Waals surface area contributed by atoms with Crippen molar-refractivity contribution in [1.29, 1.82) is 0 Å². The fraction of sp³-hybridized carbons (Fsp3) is 0.345. The second-order valence-corrected chi connectivity index (χ2v) is 9.04. The van der Waals surface area contributed by atoms with Crippen molar-refractivity contribution in [2.24, 2.45) is 5.92 Å². The molecule has 0 unspecified atom stereocenters. The minimum Gasteiger partial charge on any atom is -0.496 e. The van der Waals surface area contributed by atoms with Gasteiger partial charge in [0.15, 0.2) is 18.1 Å². The van der Waals surface area contributed by atoms with Gasteiger partial charge in [-0.2, -0.15) is 0 Å². The lowest BCUT2D eigenvalue weighted by molar-refractivity contribution is -0.134. The van der Waals surface area contributed by atoms with E-state index in [-0.39, 0.29) is 12.5 Å². The van der Waals surface area contributed by atoms with Crippen LogP contribution in [0.1, 0.15) is 24.8 Å². The molecule has 182 valence electrons. The summed E-state index contributed by atoms with van der Waals surface area (Å²) in [5.74, 6) is 3.79. The van der Waals surface area contributed by atoms with Gasteiger partial charge in [-0.25, -0.2) is 0 Å². The molecular weight excluding hydrogens is 442 g/mol. The molecule has 35 heavy (non-hydrogen) atoms. The van der Waals surface area contributed by atoms with Crippen LogP contribution in [0.25, 0.3) is 11.1 Å². The summed E-state index contributed by atoms with van der Waals surface area (Å²) in [6.07, 6.45) is 4.17. The molecule has 0 N–H and O–H groups in total. The maximum Gasteiger partial charge on any atom is 0.260 e. The van der Waals surface area contributed by atoms with Crippen molar-refractivity contribution in [1.82, 2.24) is 4.90 Å². The first kappa shape index (κ1) is 23.1. The normalized spacial score (nSPS) is 15.2. The zero-order chi connectivity index (χ0) is 24.0. The average Bonchev–Trinajstić information content (AvgIpc) is 3.39. The molecule has 0 bridgehead atoms. The lowest BCUT2D eigenvalue weighted by atomic mass is 9.90. The van der Waals surface area contributed by atoms with Gasteiger partial charge < -0.3 is 23.8 Å². The Labute approximate surface area is 206 Å². The van der Waals surface area contributed by atoms with E-state index in [0.717, 1.165) is 67.1 Å². The van der Waals surface area contributed by atoms with Crippen LogP contribution in [0.4, 0.5) is 0 Å². The largest absolute Gasteiger partial charge is 0.496 e. The molecule has 2 aliphatic heterocycles. The number of aryl methyl sites for hydroxylation is 1. The maximum atomic E-state index is 12.9. The molecule has 6 heteroatoms.